The van der Waals surface area contributed by atoms with E-state index in [1.807, 2.05) is 4.90 Å². The summed E-state index contributed by atoms with van der Waals surface area (Å²) in [6, 6.07) is 0. The number of carbonyl (C=O) groups excluding carboxylic acids is 1. The normalized spacial score (nSPS) is 35.4. The van der Waals surface area contributed by atoms with Crippen molar-refractivity contribution in [1.29, 1.82) is 0 Å². The molecule has 0 aromatic heterocycles. The van der Waals surface area contributed by atoms with Crippen LogP contribution in [0, 0.1) is 11.8 Å². The molecule has 0 radical (unpaired) electrons. The summed E-state index contributed by atoms with van der Waals surface area (Å²) in [6.45, 7) is 3.96. The SMILES string of the molecule is CC1CCCC1C(=O)N1CCOC(CO)C1. The zero-order valence-corrected chi connectivity index (χ0v) is 9.89. The Bertz CT molecular complexity index is 257. The Balaban J connectivity index is 1.93. The van der Waals surface area contributed by atoms with E-state index in [4.69, 9.17) is 9.84 Å². The average Bonchev–Trinajstić information content (AvgIpc) is 2.74. The van der Waals surface area contributed by atoms with E-state index in [0.717, 1.165) is 6.42 Å². The number of amides is 1. The van der Waals surface area contributed by atoms with Crippen LogP contribution in [-0.2, 0) is 9.53 Å². The second-order valence-corrected chi connectivity index (χ2v) is 4.97. The second-order valence-electron chi connectivity index (χ2n) is 4.97. The maximum absolute atomic E-state index is 12.3. The molecule has 2 rings (SSSR count). The Morgan fingerprint density at radius 1 is 1.50 bits per heavy atom. The quantitative estimate of drug-likeness (QED) is 0.753. The molecule has 4 heteroatoms. The molecule has 0 aromatic carbocycles. The summed E-state index contributed by atoms with van der Waals surface area (Å²) in [5.74, 6) is 0.993. The lowest BCUT2D eigenvalue weighted by atomic mass is 9.96. The highest BCUT2D eigenvalue weighted by molar-refractivity contribution is 5.79. The van der Waals surface area contributed by atoms with E-state index in [9.17, 15) is 4.79 Å². The molecular formula is C12H21NO3. The van der Waals surface area contributed by atoms with Crippen LogP contribution in [0.1, 0.15) is 26.2 Å². The topological polar surface area (TPSA) is 49.8 Å². The molecule has 1 aliphatic heterocycles. The summed E-state index contributed by atoms with van der Waals surface area (Å²) >= 11 is 0. The van der Waals surface area contributed by atoms with Crippen LogP contribution in [0.2, 0.25) is 0 Å². The van der Waals surface area contributed by atoms with Crippen molar-refractivity contribution in [2.75, 3.05) is 26.3 Å². The van der Waals surface area contributed by atoms with Crippen molar-refractivity contribution in [3.05, 3.63) is 0 Å². The Labute approximate surface area is 96.6 Å². The molecule has 3 unspecified atom stereocenters. The van der Waals surface area contributed by atoms with Crippen molar-refractivity contribution in [2.24, 2.45) is 11.8 Å². The van der Waals surface area contributed by atoms with Gasteiger partial charge in [-0.2, -0.15) is 0 Å². The Morgan fingerprint density at radius 3 is 2.94 bits per heavy atom. The molecule has 1 N–H and O–H groups in total. The highest BCUT2D eigenvalue weighted by atomic mass is 16.5. The molecule has 2 fully saturated rings. The first-order valence-corrected chi connectivity index (χ1v) is 6.23. The monoisotopic (exact) mass is 227 g/mol. The minimum absolute atomic E-state index is 0.00397. The summed E-state index contributed by atoms with van der Waals surface area (Å²) in [4.78, 5) is 14.1. The predicted molar refractivity (Wildman–Crippen MR) is 59.9 cm³/mol. The number of hydrogen-bond acceptors (Lipinski definition) is 3. The van der Waals surface area contributed by atoms with Gasteiger partial charge in [-0.3, -0.25) is 4.79 Å². The fourth-order valence-electron chi connectivity index (χ4n) is 2.78. The maximum atomic E-state index is 12.3. The van der Waals surface area contributed by atoms with Gasteiger partial charge in [-0.1, -0.05) is 13.3 Å². The van der Waals surface area contributed by atoms with Gasteiger partial charge in [0.15, 0.2) is 0 Å². The Hall–Kier alpha value is -0.610. The van der Waals surface area contributed by atoms with Crippen LogP contribution in [0.4, 0.5) is 0 Å². The van der Waals surface area contributed by atoms with Crippen LogP contribution in [0.5, 0.6) is 0 Å². The number of ether oxygens (including phenoxy) is 1. The molecule has 0 aromatic rings. The third-order valence-electron chi connectivity index (χ3n) is 3.83. The number of nitrogens with zero attached hydrogens (tertiary/aromatic N) is 1. The minimum Gasteiger partial charge on any atom is -0.394 e. The van der Waals surface area contributed by atoms with Crippen LogP contribution in [0.25, 0.3) is 0 Å². The van der Waals surface area contributed by atoms with Gasteiger partial charge in [0, 0.05) is 19.0 Å². The van der Waals surface area contributed by atoms with Gasteiger partial charge < -0.3 is 14.7 Å². The molecule has 1 saturated carbocycles. The smallest absolute Gasteiger partial charge is 0.226 e. The predicted octanol–water partition coefficient (Wildman–Crippen LogP) is 0.642. The summed E-state index contributed by atoms with van der Waals surface area (Å²) in [5, 5.41) is 9.04. The van der Waals surface area contributed by atoms with Gasteiger partial charge in [-0.15, -0.1) is 0 Å². The van der Waals surface area contributed by atoms with Gasteiger partial charge in [-0.25, -0.2) is 0 Å². The summed E-state index contributed by atoms with van der Waals surface area (Å²) < 4.78 is 5.35. The van der Waals surface area contributed by atoms with E-state index in [-0.39, 0.29) is 24.5 Å². The standard InChI is InChI=1S/C12H21NO3/c1-9-3-2-4-11(9)12(15)13-5-6-16-10(7-13)8-14/h9-11,14H,2-8H2,1H3. The van der Waals surface area contributed by atoms with Crippen LogP contribution in [-0.4, -0.2) is 48.3 Å². The largest absolute Gasteiger partial charge is 0.394 e. The molecule has 4 nitrogen and oxygen atoms in total. The van der Waals surface area contributed by atoms with Crippen LogP contribution >= 0.6 is 0 Å². The van der Waals surface area contributed by atoms with Crippen molar-refractivity contribution in [1.82, 2.24) is 4.90 Å². The van der Waals surface area contributed by atoms with Crippen molar-refractivity contribution in [3.8, 4) is 0 Å². The first-order valence-electron chi connectivity index (χ1n) is 6.23. The third-order valence-corrected chi connectivity index (χ3v) is 3.83. The van der Waals surface area contributed by atoms with Gasteiger partial charge in [0.2, 0.25) is 5.91 Å². The van der Waals surface area contributed by atoms with E-state index in [1.54, 1.807) is 0 Å². The van der Waals surface area contributed by atoms with Crippen LogP contribution in [0.15, 0.2) is 0 Å². The van der Waals surface area contributed by atoms with Crippen molar-refractivity contribution >= 4 is 5.91 Å². The van der Waals surface area contributed by atoms with Crippen LogP contribution < -0.4 is 0 Å². The Morgan fingerprint density at radius 2 is 2.31 bits per heavy atom. The number of hydrogen-bond donors (Lipinski definition) is 1. The molecule has 2 aliphatic rings. The summed E-state index contributed by atoms with van der Waals surface area (Å²) in [5.41, 5.74) is 0. The molecule has 1 heterocycles. The number of carbonyl (C=O) groups is 1. The van der Waals surface area contributed by atoms with Gasteiger partial charge in [0.1, 0.15) is 0 Å². The number of morpholine rings is 1. The molecule has 0 bridgehead atoms. The van der Waals surface area contributed by atoms with E-state index in [0.29, 0.717) is 25.6 Å². The molecule has 1 saturated heterocycles. The van der Waals surface area contributed by atoms with E-state index in [2.05, 4.69) is 6.92 Å². The first kappa shape index (κ1) is 11.9. The number of aliphatic hydroxyl groups is 1. The average molecular weight is 227 g/mol. The molecule has 1 aliphatic carbocycles. The number of rotatable bonds is 2. The lowest BCUT2D eigenvalue weighted by molar-refractivity contribution is -0.145. The lowest BCUT2D eigenvalue weighted by Gasteiger charge is -2.34. The summed E-state index contributed by atoms with van der Waals surface area (Å²) in [7, 11) is 0. The zero-order valence-electron chi connectivity index (χ0n) is 9.89. The van der Waals surface area contributed by atoms with Crippen molar-refractivity contribution in [2.45, 2.75) is 32.3 Å². The lowest BCUT2D eigenvalue weighted by Crippen LogP contribution is -2.49. The molecule has 16 heavy (non-hydrogen) atoms. The van der Waals surface area contributed by atoms with E-state index in [1.165, 1.54) is 12.8 Å². The van der Waals surface area contributed by atoms with Gasteiger partial charge in [-0.05, 0) is 18.8 Å². The van der Waals surface area contributed by atoms with Gasteiger partial charge in [0.25, 0.3) is 0 Å². The second kappa shape index (κ2) is 5.15. The number of aliphatic hydroxyl groups excluding tert-OH is 1. The van der Waals surface area contributed by atoms with E-state index >= 15 is 0 Å². The first-order chi connectivity index (χ1) is 7.72. The Kier molecular flexibility index (Phi) is 3.82. The fourth-order valence-corrected chi connectivity index (χ4v) is 2.78. The van der Waals surface area contributed by atoms with Crippen molar-refractivity contribution < 1.29 is 14.6 Å². The zero-order chi connectivity index (χ0) is 11.5. The molecule has 1 amide bonds. The maximum Gasteiger partial charge on any atom is 0.226 e. The third kappa shape index (κ3) is 2.38. The van der Waals surface area contributed by atoms with Crippen molar-refractivity contribution in [3.63, 3.8) is 0 Å². The molecular weight excluding hydrogens is 206 g/mol. The fraction of sp³-hybridized carbons (Fsp3) is 0.917. The highest BCUT2D eigenvalue weighted by Gasteiger charge is 2.34. The molecule has 92 valence electrons. The molecule has 0 spiro atoms. The highest BCUT2D eigenvalue weighted by Crippen LogP contribution is 2.32. The minimum atomic E-state index is -0.186. The summed E-state index contributed by atoms with van der Waals surface area (Å²) in [6.07, 6.45) is 3.19. The van der Waals surface area contributed by atoms with Gasteiger partial charge >= 0.3 is 0 Å². The van der Waals surface area contributed by atoms with Gasteiger partial charge in [0.05, 0.1) is 19.3 Å². The van der Waals surface area contributed by atoms with Crippen LogP contribution in [0.3, 0.4) is 0 Å². The molecule has 3 atom stereocenters. The van der Waals surface area contributed by atoms with E-state index < -0.39 is 0 Å².